The molecular weight excluding hydrogens is 144 g/mol. The van der Waals surface area contributed by atoms with Crippen LogP contribution in [0.25, 0.3) is 0 Å². The van der Waals surface area contributed by atoms with Gasteiger partial charge < -0.3 is 14.6 Å². The second-order valence-corrected chi connectivity index (χ2v) is 3.07. The van der Waals surface area contributed by atoms with E-state index in [1.807, 2.05) is 6.92 Å². The summed E-state index contributed by atoms with van der Waals surface area (Å²) in [6.45, 7) is 7.38. The third kappa shape index (κ3) is 1.55. The summed E-state index contributed by atoms with van der Waals surface area (Å²) in [5, 5.41) is 8.89. The number of hydrogen-bond donors (Lipinski definition) is 1. The number of rotatable bonds is 2. The Morgan fingerprint density at radius 1 is 1.82 bits per heavy atom. The zero-order valence-corrected chi connectivity index (χ0v) is 6.91. The molecule has 0 bridgehead atoms. The minimum Gasteiger partial charge on any atom is -0.394 e. The Hall–Kier alpha value is -0.120. The predicted octanol–water partition coefficient (Wildman–Crippen LogP) is 0.252. The molecule has 1 saturated heterocycles. The average Bonchev–Trinajstić information content (AvgIpc) is 2.27. The summed E-state index contributed by atoms with van der Waals surface area (Å²) in [4.78, 5) is 0. The average molecular weight is 158 g/mol. The van der Waals surface area contributed by atoms with Crippen LogP contribution in [-0.2, 0) is 9.47 Å². The molecular formula is C8H14O3. The SMILES string of the molecule is [CH]C1C[C@@](C)(OC)[C@@H](CO)O1. The van der Waals surface area contributed by atoms with Gasteiger partial charge in [-0.3, -0.25) is 0 Å². The summed E-state index contributed by atoms with van der Waals surface area (Å²) in [6.07, 6.45) is 0.0361. The van der Waals surface area contributed by atoms with Gasteiger partial charge >= 0.3 is 0 Å². The van der Waals surface area contributed by atoms with E-state index in [0.29, 0.717) is 6.42 Å². The number of methoxy groups -OCH3 is 1. The van der Waals surface area contributed by atoms with Crippen molar-refractivity contribution in [2.45, 2.75) is 31.2 Å². The fourth-order valence-electron chi connectivity index (χ4n) is 1.38. The van der Waals surface area contributed by atoms with Crippen molar-refractivity contribution < 1.29 is 14.6 Å². The van der Waals surface area contributed by atoms with E-state index in [-0.39, 0.29) is 18.8 Å². The summed E-state index contributed by atoms with van der Waals surface area (Å²) in [5.41, 5.74) is -0.422. The predicted molar refractivity (Wildman–Crippen MR) is 40.1 cm³/mol. The van der Waals surface area contributed by atoms with Gasteiger partial charge in [0.2, 0.25) is 0 Å². The van der Waals surface area contributed by atoms with Crippen molar-refractivity contribution in [1.82, 2.24) is 0 Å². The molecule has 2 radical (unpaired) electrons. The van der Waals surface area contributed by atoms with E-state index >= 15 is 0 Å². The first kappa shape index (κ1) is 8.97. The van der Waals surface area contributed by atoms with Crippen molar-refractivity contribution in [3.05, 3.63) is 6.92 Å². The Balaban J connectivity index is 2.63. The lowest BCUT2D eigenvalue weighted by atomic mass is 9.96. The monoisotopic (exact) mass is 158 g/mol. The van der Waals surface area contributed by atoms with Crippen LogP contribution < -0.4 is 0 Å². The maximum atomic E-state index is 8.89. The van der Waals surface area contributed by atoms with Crippen molar-refractivity contribution in [3.8, 4) is 0 Å². The van der Waals surface area contributed by atoms with Crippen molar-refractivity contribution in [2.24, 2.45) is 0 Å². The van der Waals surface area contributed by atoms with Gasteiger partial charge in [0, 0.05) is 13.5 Å². The number of hydrogen-bond acceptors (Lipinski definition) is 3. The van der Waals surface area contributed by atoms with E-state index in [1.54, 1.807) is 7.11 Å². The van der Waals surface area contributed by atoms with Gasteiger partial charge in [-0.05, 0) is 13.8 Å². The lowest BCUT2D eigenvalue weighted by Gasteiger charge is -2.26. The molecule has 11 heavy (non-hydrogen) atoms. The Kier molecular flexibility index (Phi) is 2.52. The molecule has 0 aromatic rings. The Morgan fingerprint density at radius 2 is 2.45 bits per heavy atom. The van der Waals surface area contributed by atoms with E-state index < -0.39 is 5.60 Å². The van der Waals surface area contributed by atoms with Crippen molar-refractivity contribution in [3.63, 3.8) is 0 Å². The third-order valence-corrected chi connectivity index (χ3v) is 2.26. The van der Waals surface area contributed by atoms with Crippen LogP contribution in [0, 0.1) is 6.92 Å². The maximum absolute atomic E-state index is 8.89. The van der Waals surface area contributed by atoms with Gasteiger partial charge in [0.25, 0.3) is 0 Å². The highest BCUT2D eigenvalue weighted by Crippen LogP contribution is 2.32. The zero-order chi connectivity index (χ0) is 8.48. The molecule has 3 heteroatoms. The first-order valence-electron chi connectivity index (χ1n) is 3.69. The molecule has 0 saturated carbocycles. The van der Waals surface area contributed by atoms with Crippen LogP contribution in [0.4, 0.5) is 0 Å². The van der Waals surface area contributed by atoms with Crippen LogP contribution in [0.3, 0.4) is 0 Å². The number of ether oxygens (including phenoxy) is 2. The summed E-state index contributed by atoms with van der Waals surface area (Å²) >= 11 is 0. The molecule has 0 aliphatic carbocycles. The molecule has 0 amide bonds. The molecule has 1 aliphatic rings. The molecule has 1 fully saturated rings. The van der Waals surface area contributed by atoms with Crippen LogP contribution >= 0.6 is 0 Å². The Morgan fingerprint density at radius 3 is 2.82 bits per heavy atom. The van der Waals surface area contributed by atoms with E-state index in [0.717, 1.165) is 0 Å². The third-order valence-electron chi connectivity index (χ3n) is 2.26. The first-order chi connectivity index (χ1) is 5.12. The second kappa shape index (κ2) is 3.09. The van der Waals surface area contributed by atoms with Crippen molar-refractivity contribution in [1.29, 1.82) is 0 Å². The standard InChI is InChI=1S/C8H14O3/c1-6-4-8(2,10-3)7(5-9)11-6/h1,6-7,9H,4-5H2,2-3H3/t6?,7-,8-/m1/s1. The topological polar surface area (TPSA) is 38.7 Å². The molecule has 64 valence electrons. The van der Waals surface area contributed by atoms with Gasteiger partial charge in [0.1, 0.15) is 6.10 Å². The summed E-state index contributed by atoms with van der Waals surface area (Å²) in [7, 11) is 1.60. The highest BCUT2D eigenvalue weighted by Gasteiger charge is 2.43. The maximum Gasteiger partial charge on any atom is 0.110 e. The number of aliphatic hydroxyl groups is 1. The highest BCUT2D eigenvalue weighted by molar-refractivity contribution is 4.94. The fourth-order valence-corrected chi connectivity index (χ4v) is 1.38. The minimum absolute atomic E-state index is 0.0436. The van der Waals surface area contributed by atoms with Gasteiger partial charge in [-0.15, -0.1) is 0 Å². The molecule has 0 aromatic heterocycles. The van der Waals surface area contributed by atoms with E-state index in [4.69, 9.17) is 21.5 Å². The van der Waals surface area contributed by atoms with Crippen LogP contribution in [0.15, 0.2) is 0 Å². The van der Waals surface area contributed by atoms with Crippen LogP contribution in [0.2, 0.25) is 0 Å². The smallest absolute Gasteiger partial charge is 0.110 e. The van der Waals surface area contributed by atoms with Crippen LogP contribution in [0.1, 0.15) is 13.3 Å². The van der Waals surface area contributed by atoms with Gasteiger partial charge in [0.05, 0.1) is 18.3 Å². The van der Waals surface area contributed by atoms with Crippen molar-refractivity contribution >= 4 is 0 Å². The summed E-state index contributed by atoms with van der Waals surface area (Å²) in [5.74, 6) is 0. The second-order valence-electron chi connectivity index (χ2n) is 3.07. The minimum atomic E-state index is -0.422. The van der Waals surface area contributed by atoms with Crippen LogP contribution in [-0.4, -0.2) is 36.6 Å². The van der Waals surface area contributed by atoms with E-state index in [1.165, 1.54) is 0 Å². The quantitative estimate of drug-likeness (QED) is 0.626. The van der Waals surface area contributed by atoms with Gasteiger partial charge in [-0.25, -0.2) is 0 Å². The van der Waals surface area contributed by atoms with Crippen LogP contribution in [0.5, 0.6) is 0 Å². The Labute approximate surface area is 67.3 Å². The van der Waals surface area contributed by atoms with Gasteiger partial charge in [0.15, 0.2) is 0 Å². The lowest BCUT2D eigenvalue weighted by molar-refractivity contribution is -0.0791. The van der Waals surface area contributed by atoms with Gasteiger partial charge in [-0.2, -0.15) is 0 Å². The molecule has 1 heterocycles. The number of aliphatic hydroxyl groups excluding tert-OH is 1. The molecule has 0 aromatic carbocycles. The molecule has 0 spiro atoms. The first-order valence-corrected chi connectivity index (χ1v) is 3.69. The normalized spacial score (nSPS) is 44.7. The molecule has 1 N–H and O–H groups in total. The molecule has 1 aliphatic heterocycles. The summed E-state index contributed by atoms with van der Waals surface area (Å²) in [6, 6.07) is 0. The summed E-state index contributed by atoms with van der Waals surface area (Å²) < 4.78 is 10.4. The lowest BCUT2D eigenvalue weighted by Crippen LogP contribution is -2.39. The molecule has 3 nitrogen and oxygen atoms in total. The van der Waals surface area contributed by atoms with E-state index in [2.05, 4.69) is 0 Å². The Bertz CT molecular complexity index is 137. The fraction of sp³-hybridized carbons (Fsp3) is 0.875. The van der Waals surface area contributed by atoms with Crippen molar-refractivity contribution in [2.75, 3.05) is 13.7 Å². The zero-order valence-electron chi connectivity index (χ0n) is 6.91. The molecule has 1 unspecified atom stereocenters. The van der Waals surface area contributed by atoms with E-state index in [9.17, 15) is 0 Å². The largest absolute Gasteiger partial charge is 0.394 e. The molecule has 3 atom stereocenters. The highest BCUT2D eigenvalue weighted by atomic mass is 16.6. The molecule has 1 rings (SSSR count). The van der Waals surface area contributed by atoms with Gasteiger partial charge in [-0.1, -0.05) is 0 Å².